The Morgan fingerprint density at radius 3 is 2.44 bits per heavy atom. The molecule has 1 atom stereocenters. The largest absolute Gasteiger partial charge is 0.377 e. The van der Waals surface area contributed by atoms with Crippen molar-refractivity contribution in [2.24, 2.45) is 0 Å². The number of anilines is 3. The number of carbonyl (C=O) groups excluding carboxylic acids is 1. The van der Waals surface area contributed by atoms with Crippen LogP contribution in [0.15, 0.2) is 48.5 Å². The number of ether oxygens (including phenoxy) is 1. The van der Waals surface area contributed by atoms with Crippen LogP contribution < -0.4 is 15.5 Å². The summed E-state index contributed by atoms with van der Waals surface area (Å²) in [5.41, 5.74) is 3.90. The van der Waals surface area contributed by atoms with Gasteiger partial charge in [-0.25, -0.2) is 19.4 Å². The number of hydrogen-bond donors (Lipinski definition) is 2. The number of aryl methyl sites for hydroxylation is 1. The SMILES string of the molecule is CCn1nnc2c(N3CCOC[C@@H]3C)nc(-c3ccc(NC(=O)Nc4ccc(C#N)cc4)cc3)nc21. The lowest BCUT2D eigenvalue weighted by Crippen LogP contribution is -2.44. The predicted octanol–water partition coefficient (Wildman–Crippen LogP) is 3.65. The van der Waals surface area contributed by atoms with E-state index in [2.05, 4.69) is 32.8 Å². The Balaban J connectivity index is 1.39. The average molecular weight is 484 g/mol. The lowest BCUT2D eigenvalue weighted by molar-refractivity contribution is 0.0987. The van der Waals surface area contributed by atoms with Gasteiger partial charge in [0.05, 0.1) is 30.9 Å². The van der Waals surface area contributed by atoms with E-state index in [9.17, 15) is 4.79 Å². The normalized spacial score (nSPS) is 15.5. The molecule has 1 aliphatic rings. The molecule has 11 nitrogen and oxygen atoms in total. The van der Waals surface area contributed by atoms with E-state index in [0.717, 1.165) is 11.4 Å². The van der Waals surface area contributed by atoms with Crippen molar-refractivity contribution < 1.29 is 9.53 Å². The Hall–Kier alpha value is -4.56. The third-order valence-corrected chi connectivity index (χ3v) is 5.96. The summed E-state index contributed by atoms with van der Waals surface area (Å²) in [5, 5.41) is 23.1. The standard InChI is InChI=1S/C25H25N9O2/c1-3-34-24-21(31-32-34)23(33-12-13-36-15-16(33)2)29-22(30-24)18-6-10-20(11-7-18)28-25(35)27-19-8-4-17(14-26)5-9-19/h4-11,16H,3,12-13,15H2,1-2H3,(H2,27,28,35)/t16-/m0/s1. The highest BCUT2D eigenvalue weighted by Gasteiger charge is 2.26. The van der Waals surface area contributed by atoms with Gasteiger partial charge in [0.15, 0.2) is 22.8 Å². The summed E-state index contributed by atoms with van der Waals surface area (Å²) in [6.45, 7) is 6.69. The summed E-state index contributed by atoms with van der Waals surface area (Å²) in [7, 11) is 0. The van der Waals surface area contributed by atoms with Crippen molar-refractivity contribution in [2.45, 2.75) is 26.4 Å². The number of nitriles is 1. The molecule has 0 aliphatic carbocycles. The molecule has 0 spiro atoms. The highest BCUT2D eigenvalue weighted by molar-refractivity contribution is 5.99. The molecule has 0 unspecified atom stereocenters. The molecule has 1 aliphatic heterocycles. The lowest BCUT2D eigenvalue weighted by atomic mass is 10.2. The molecule has 11 heteroatoms. The summed E-state index contributed by atoms with van der Waals surface area (Å²) in [4.78, 5) is 24.2. The van der Waals surface area contributed by atoms with Crippen molar-refractivity contribution in [1.82, 2.24) is 25.0 Å². The van der Waals surface area contributed by atoms with Gasteiger partial charge in [-0.3, -0.25) is 0 Å². The number of fused-ring (bicyclic) bond motifs is 1. The number of amides is 2. The third kappa shape index (κ3) is 4.67. The van der Waals surface area contributed by atoms with Gasteiger partial charge in [-0.1, -0.05) is 5.21 Å². The number of hydrogen-bond acceptors (Lipinski definition) is 8. The molecular formula is C25H25N9O2. The smallest absolute Gasteiger partial charge is 0.323 e. The predicted molar refractivity (Wildman–Crippen MR) is 136 cm³/mol. The second kappa shape index (κ2) is 9.97. The Bertz CT molecular complexity index is 1430. The number of urea groups is 1. The van der Waals surface area contributed by atoms with E-state index in [1.807, 2.05) is 25.1 Å². The van der Waals surface area contributed by atoms with Crippen LogP contribution in [-0.2, 0) is 11.3 Å². The maximum Gasteiger partial charge on any atom is 0.323 e. The molecule has 0 radical (unpaired) electrons. The molecule has 2 N–H and O–H groups in total. The summed E-state index contributed by atoms with van der Waals surface area (Å²) >= 11 is 0. The Morgan fingerprint density at radius 2 is 1.81 bits per heavy atom. The summed E-state index contributed by atoms with van der Waals surface area (Å²) in [6.07, 6.45) is 0. The van der Waals surface area contributed by atoms with Crippen molar-refractivity contribution in [3.05, 3.63) is 54.1 Å². The van der Waals surface area contributed by atoms with Crippen molar-refractivity contribution in [1.29, 1.82) is 5.26 Å². The quantitative estimate of drug-likeness (QED) is 0.439. The highest BCUT2D eigenvalue weighted by Crippen LogP contribution is 2.29. The lowest BCUT2D eigenvalue weighted by Gasteiger charge is -2.34. The van der Waals surface area contributed by atoms with Crippen molar-refractivity contribution in [2.75, 3.05) is 35.3 Å². The number of benzene rings is 2. The van der Waals surface area contributed by atoms with E-state index in [1.54, 1.807) is 41.1 Å². The van der Waals surface area contributed by atoms with Gasteiger partial charge < -0.3 is 20.3 Å². The first-order valence-corrected chi connectivity index (χ1v) is 11.7. The Morgan fingerprint density at radius 1 is 1.11 bits per heavy atom. The summed E-state index contributed by atoms with van der Waals surface area (Å²) < 4.78 is 7.36. The van der Waals surface area contributed by atoms with Crippen LogP contribution in [0.4, 0.5) is 22.0 Å². The van der Waals surface area contributed by atoms with E-state index < -0.39 is 0 Å². The van der Waals surface area contributed by atoms with Gasteiger partial charge in [-0.15, -0.1) is 5.10 Å². The zero-order chi connectivity index (χ0) is 25.1. The number of morpholine rings is 1. The molecule has 182 valence electrons. The molecule has 3 heterocycles. The van der Waals surface area contributed by atoms with Gasteiger partial charge >= 0.3 is 6.03 Å². The molecule has 0 bridgehead atoms. The molecule has 2 aromatic carbocycles. The van der Waals surface area contributed by atoms with E-state index in [0.29, 0.717) is 60.2 Å². The molecule has 1 saturated heterocycles. The molecular weight excluding hydrogens is 458 g/mol. The maximum absolute atomic E-state index is 12.4. The third-order valence-electron chi connectivity index (χ3n) is 5.96. The number of carbonyl (C=O) groups is 1. The van der Waals surface area contributed by atoms with Crippen molar-refractivity contribution >= 4 is 34.4 Å². The van der Waals surface area contributed by atoms with E-state index in [1.165, 1.54) is 0 Å². The first kappa shape index (κ1) is 23.2. The first-order chi connectivity index (χ1) is 17.6. The van der Waals surface area contributed by atoms with Gasteiger partial charge in [-0.2, -0.15) is 5.26 Å². The maximum atomic E-state index is 12.4. The van der Waals surface area contributed by atoms with Crippen molar-refractivity contribution in [3.8, 4) is 17.5 Å². The van der Waals surface area contributed by atoms with Crippen LogP contribution in [0.5, 0.6) is 0 Å². The average Bonchev–Trinajstić information content (AvgIpc) is 3.32. The Kier molecular flexibility index (Phi) is 6.42. The molecule has 1 fully saturated rings. The minimum Gasteiger partial charge on any atom is -0.377 e. The van der Waals surface area contributed by atoms with Crippen LogP contribution in [-0.4, -0.2) is 56.8 Å². The van der Waals surface area contributed by atoms with Crippen LogP contribution in [0.3, 0.4) is 0 Å². The van der Waals surface area contributed by atoms with Gasteiger partial charge in [0, 0.05) is 30.0 Å². The molecule has 2 aromatic heterocycles. The van der Waals surface area contributed by atoms with Crippen LogP contribution in [0.25, 0.3) is 22.6 Å². The van der Waals surface area contributed by atoms with Crippen molar-refractivity contribution in [3.63, 3.8) is 0 Å². The summed E-state index contributed by atoms with van der Waals surface area (Å²) in [6, 6.07) is 15.8. The van der Waals surface area contributed by atoms with Crippen LogP contribution in [0, 0.1) is 11.3 Å². The van der Waals surface area contributed by atoms with E-state index in [-0.39, 0.29) is 12.1 Å². The fourth-order valence-corrected chi connectivity index (χ4v) is 4.05. The van der Waals surface area contributed by atoms with E-state index >= 15 is 0 Å². The molecule has 5 rings (SSSR count). The molecule has 36 heavy (non-hydrogen) atoms. The fourth-order valence-electron chi connectivity index (χ4n) is 4.05. The highest BCUT2D eigenvalue weighted by atomic mass is 16.5. The Labute approximate surface area is 207 Å². The second-order valence-corrected chi connectivity index (χ2v) is 8.41. The van der Waals surface area contributed by atoms with Gasteiger partial charge in [-0.05, 0) is 62.4 Å². The number of aromatic nitrogens is 5. The monoisotopic (exact) mass is 483 g/mol. The van der Waals surface area contributed by atoms with Crippen LogP contribution in [0.1, 0.15) is 19.4 Å². The molecule has 0 saturated carbocycles. The van der Waals surface area contributed by atoms with Gasteiger partial charge in [0.1, 0.15) is 0 Å². The second-order valence-electron chi connectivity index (χ2n) is 8.41. The van der Waals surface area contributed by atoms with Crippen LogP contribution >= 0.6 is 0 Å². The topological polar surface area (TPSA) is 134 Å². The number of nitrogens with zero attached hydrogens (tertiary/aromatic N) is 7. The first-order valence-electron chi connectivity index (χ1n) is 11.7. The minimum absolute atomic E-state index is 0.151. The van der Waals surface area contributed by atoms with Crippen LogP contribution in [0.2, 0.25) is 0 Å². The number of nitrogens with one attached hydrogen (secondary N) is 2. The van der Waals surface area contributed by atoms with Gasteiger partial charge in [0.25, 0.3) is 0 Å². The van der Waals surface area contributed by atoms with E-state index in [4.69, 9.17) is 20.0 Å². The zero-order valence-electron chi connectivity index (χ0n) is 20.0. The zero-order valence-corrected chi connectivity index (χ0v) is 20.0. The molecule has 2 amide bonds. The van der Waals surface area contributed by atoms with Gasteiger partial charge in [0.2, 0.25) is 0 Å². The minimum atomic E-state index is -0.383. The summed E-state index contributed by atoms with van der Waals surface area (Å²) in [5.74, 6) is 1.30. The molecule has 4 aromatic rings. The fraction of sp³-hybridized carbons (Fsp3) is 0.280. The number of rotatable bonds is 5.